The van der Waals surface area contributed by atoms with Crippen molar-refractivity contribution in [2.24, 2.45) is 5.92 Å². The number of hydrogen-bond acceptors (Lipinski definition) is 2. The smallest absolute Gasteiger partial charge is 0.120 e. The van der Waals surface area contributed by atoms with E-state index in [1.165, 1.54) is 31.4 Å². The summed E-state index contributed by atoms with van der Waals surface area (Å²) in [5.74, 6) is 0.710. The van der Waals surface area contributed by atoms with Crippen LogP contribution in [0.5, 0.6) is 0 Å². The lowest BCUT2D eigenvalue weighted by atomic mass is 9.98. The van der Waals surface area contributed by atoms with Gasteiger partial charge in [0.05, 0.1) is 0 Å². The van der Waals surface area contributed by atoms with Crippen molar-refractivity contribution in [1.29, 1.82) is 0 Å². The van der Waals surface area contributed by atoms with Crippen molar-refractivity contribution in [2.45, 2.75) is 38.6 Å². The molecule has 0 spiro atoms. The van der Waals surface area contributed by atoms with Crippen molar-refractivity contribution in [2.75, 3.05) is 13.1 Å². The van der Waals surface area contributed by atoms with Gasteiger partial charge in [-0.3, -0.25) is 4.90 Å². The molecular formula is C16H23NO. The first-order valence-corrected chi connectivity index (χ1v) is 7.08. The van der Waals surface area contributed by atoms with Gasteiger partial charge in [-0.1, -0.05) is 36.8 Å². The molecule has 18 heavy (non-hydrogen) atoms. The Hall–Kier alpha value is -1.15. The predicted molar refractivity (Wildman–Crippen MR) is 74.4 cm³/mol. The Labute approximate surface area is 110 Å². The highest BCUT2D eigenvalue weighted by atomic mass is 16.1. The summed E-state index contributed by atoms with van der Waals surface area (Å²) >= 11 is 0. The minimum absolute atomic E-state index is 0.710. The van der Waals surface area contributed by atoms with Crippen LogP contribution in [0.15, 0.2) is 30.3 Å². The first kappa shape index (κ1) is 13.3. The molecule has 2 rings (SSSR count). The second kappa shape index (κ2) is 7.32. The second-order valence-electron chi connectivity index (χ2n) is 5.33. The standard InChI is InChI=1S/C16H23NO/c18-12-6-10-16-9-4-5-11-17(14-16)13-15-7-2-1-3-8-15/h1-3,7-8,12,16H,4-6,9-11,13-14H2. The summed E-state index contributed by atoms with van der Waals surface area (Å²) < 4.78 is 0. The average molecular weight is 245 g/mol. The van der Waals surface area contributed by atoms with E-state index in [0.29, 0.717) is 5.92 Å². The van der Waals surface area contributed by atoms with Crippen LogP contribution >= 0.6 is 0 Å². The van der Waals surface area contributed by atoms with E-state index in [2.05, 4.69) is 35.2 Å². The molecule has 0 bridgehead atoms. The molecule has 98 valence electrons. The number of hydrogen-bond donors (Lipinski definition) is 0. The molecule has 0 aliphatic carbocycles. The number of carbonyl (C=O) groups is 1. The van der Waals surface area contributed by atoms with E-state index < -0.39 is 0 Å². The van der Waals surface area contributed by atoms with Gasteiger partial charge < -0.3 is 4.79 Å². The third kappa shape index (κ3) is 4.26. The van der Waals surface area contributed by atoms with Gasteiger partial charge in [0, 0.05) is 19.5 Å². The Morgan fingerprint density at radius 1 is 1.22 bits per heavy atom. The van der Waals surface area contributed by atoms with Crippen LogP contribution in [0.25, 0.3) is 0 Å². The van der Waals surface area contributed by atoms with Crippen LogP contribution < -0.4 is 0 Å². The monoisotopic (exact) mass is 245 g/mol. The van der Waals surface area contributed by atoms with Gasteiger partial charge in [-0.2, -0.15) is 0 Å². The van der Waals surface area contributed by atoms with Crippen molar-refractivity contribution < 1.29 is 4.79 Å². The zero-order chi connectivity index (χ0) is 12.6. The molecule has 0 radical (unpaired) electrons. The SMILES string of the molecule is O=CCCC1CCCCN(Cc2ccccc2)C1. The van der Waals surface area contributed by atoms with E-state index in [-0.39, 0.29) is 0 Å². The fourth-order valence-corrected chi connectivity index (χ4v) is 2.84. The summed E-state index contributed by atoms with van der Waals surface area (Å²) in [7, 11) is 0. The average Bonchev–Trinajstić information content (AvgIpc) is 2.63. The number of benzene rings is 1. The highest BCUT2D eigenvalue weighted by molar-refractivity contribution is 5.49. The first-order chi connectivity index (χ1) is 8.88. The minimum atomic E-state index is 0.710. The molecule has 1 saturated heterocycles. The van der Waals surface area contributed by atoms with Gasteiger partial charge in [0.2, 0.25) is 0 Å². The molecule has 1 atom stereocenters. The van der Waals surface area contributed by atoms with Crippen molar-refractivity contribution in [1.82, 2.24) is 4.90 Å². The molecule has 1 fully saturated rings. The molecule has 2 nitrogen and oxygen atoms in total. The molecule has 0 aromatic heterocycles. The van der Waals surface area contributed by atoms with Crippen LogP contribution in [-0.4, -0.2) is 24.3 Å². The third-order valence-electron chi connectivity index (χ3n) is 3.79. The van der Waals surface area contributed by atoms with Gasteiger partial charge in [-0.25, -0.2) is 0 Å². The fourth-order valence-electron chi connectivity index (χ4n) is 2.84. The van der Waals surface area contributed by atoms with Crippen LogP contribution in [0.2, 0.25) is 0 Å². The predicted octanol–water partition coefficient (Wildman–Crippen LogP) is 3.27. The van der Waals surface area contributed by atoms with Crippen LogP contribution in [-0.2, 0) is 11.3 Å². The summed E-state index contributed by atoms with van der Waals surface area (Å²) in [6.07, 6.45) is 6.75. The summed E-state index contributed by atoms with van der Waals surface area (Å²) in [6, 6.07) is 10.7. The van der Waals surface area contributed by atoms with Gasteiger partial charge in [-0.15, -0.1) is 0 Å². The maximum atomic E-state index is 10.5. The van der Waals surface area contributed by atoms with Crippen molar-refractivity contribution in [3.8, 4) is 0 Å². The zero-order valence-electron chi connectivity index (χ0n) is 11.1. The van der Waals surface area contributed by atoms with Crippen LogP contribution in [0, 0.1) is 5.92 Å². The molecule has 0 saturated carbocycles. The van der Waals surface area contributed by atoms with Crippen LogP contribution in [0.3, 0.4) is 0 Å². The molecule has 1 unspecified atom stereocenters. The van der Waals surface area contributed by atoms with Crippen LogP contribution in [0.4, 0.5) is 0 Å². The van der Waals surface area contributed by atoms with Gasteiger partial charge in [-0.05, 0) is 37.3 Å². The lowest BCUT2D eigenvalue weighted by Gasteiger charge is -2.24. The van der Waals surface area contributed by atoms with Gasteiger partial charge in [0.25, 0.3) is 0 Å². The maximum Gasteiger partial charge on any atom is 0.120 e. The molecule has 1 aromatic rings. The summed E-state index contributed by atoms with van der Waals surface area (Å²) in [6.45, 7) is 3.41. The minimum Gasteiger partial charge on any atom is -0.303 e. The second-order valence-corrected chi connectivity index (χ2v) is 5.33. The van der Waals surface area contributed by atoms with E-state index in [0.717, 1.165) is 32.2 Å². The highest BCUT2D eigenvalue weighted by Crippen LogP contribution is 2.21. The summed E-state index contributed by atoms with van der Waals surface area (Å²) in [5.41, 5.74) is 1.40. The van der Waals surface area contributed by atoms with E-state index >= 15 is 0 Å². The molecule has 1 aliphatic rings. The Balaban J connectivity index is 1.88. The van der Waals surface area contributed by atoms with Crippen molar-refractivity contribution in [3.63, 3.8) is 0 Å². The summed E-state index contributed by atoms with van der Waals surface area (Å²) in [5, 5.41) is 0. The number of rotatable bonds is 5. The fraction of sp³-hybridized carbons (Fsp3) is 0.562. The van der Waals surface area contributed by atoms with Gasteiger partial charge in [0.15, 0.2) is 0 Å². The topological polar surface area (TPSA) is 20.3 Å². The third-order valence-corrected chi connectivity index (χ3v) is 3.79. The van der Waals surface area contributed by atoms with E-state index in [1.54, 1.807) is 0 Å². The number of nitrogens with zero attached hydrogens (tertiary/aromatic N) is 1. The van der Waals surface area contributed by atoms with E-state index in [4.69, 9.17) is 0 Å². The first-order valence-electron chi connectivity index (χ1n) is 7.08. The Morgan fingerprint density at radius 3 is 2.83 bits per heavy atom. The van der Waals surface area contributed by atoms with E-state index in [1.807, 2.05) is 0 Å². The normalized spacial score (nSPS) is 21.4. The molecule has 0 N–H and O–H groups in total. The lowest BCUT2D eigenvalue weighted by Crippen LogP contribution is -2.28. The molecule has 0 amide bonds. The van der Waals surface area contributed by atoms with Gasteiger partial charge >= 0.3 is 0 Å². The Bertz CT molecular complexity index is 349. The molecule has 1 aliphatic heterocycles. The number of carbonyl (C=O) groups excluding carboxylic acids is 1. The maximum absolute atomic E-state index is 10.5. The molecule has 1 heterocycles. The highest BCUT2D eigenvalue weighted by Gasteiger charge is 2.17. The number of likely N-dealkylation sites (tertiary alicyclic amines) is 1. The van der Waals surface area contributed by atoms with E-state index in [9.17, 15) is 4.79 Å². The number of aldehydes is 1. The van der Waals surface area contributed by atoms with Crippen molar-refractivity contribution in [3.05, 3.63) is 35.9 Å². The molecule has 2 heteroatoms. The van der Waals surface area contributed by atoms with Gasteiger partial charge in [0.1, 0.15) is 6.29 Å². The Morgan fingerprint density at radius 2 is 2.06 bits per heavy atom. The molecule has 1 aromatic carbocycles. The lowest BCUT2D eigenvalue weighted by molar-refractivity contribution is -0.108. The van der Waals surface area contributed by atoms with Crippen LogP contribution in [0.1, 0.15) is 37.7 Å². The summed E-state index contributed by atoms with van der Waals surface area (Å²) in [4.78, 5) is 13.0. The zero-order valence-corrected chi connectivity index (χ0v) is 11.1. The van der Waals surface area contributed by atoms with Crippen molar-refractivity contribution >= 4 is 6.29 Å². The largest absolute Gasteiger partial charge is 0.303 e. The Kier molecular flexibility index (Phi) is 5.40. The quantitative estimate of drug-likeness (QED) is 0.742. The molecular weight excluding hydrogens is 222 g/mol.